The lowest BCUT2D eigenvalue weighted by molar-refractivity contribution is 0.437. The molecule has 0 fully saturated rings. The first-order chi connectivity index (χ1) is 11.3. The lowest BCUT2D eigenvalue weighted by atomic mass is 9.95. The van der Waals surface area contributed by atoms with Crippen molar-refractivity contribution in [1.82, 2.24) is 20.2 Å². The summed E-state index contributed by atoms with van der Waals surface area (Å²) >= 11 is 0. The first-order valence-electron chi connectivity index (χ1n) is 7.37. The van der Waals surface area contributed by atoms with Gasteiger partial charge in [-0.3, -0.25) is 5.10 Å². The molecule has 0 amide bonds. The van der Waals surface area contributed by atoms with Gasteiger partial charge < -0.3 is 10.5 Å². The van der Waals surface area contributed by atoms with Crippen LogP contribution in [0.25, 0.3) is 11.0 Å². The summed E-state index contributed by atoms with van der Waals surface area (Å²) in [7, 11) is 0. The van der Waals surface area contributed by atoms with Gasteiger partial charge in [0.15, 0.2) is 5.65 Å². The van der Waals surface area contributed by atoms with Gasteiger partial charge in [-0.15, -0.1) is 0 Å². The predicted molar refractivity (Wildman–Crippen MR) is 87.7 cm³/mol. The average Bonchev–Trinajstić information content (AvgIpc) is 3.02. The molecule has 0 saturated carbocycles. The molecule has 1 aromatic carbocycles. The summed E-state index contributed by atoms with van der Waals surface area (Å²) < 4.78 is 5.83. The largest absolute Gasteiger partial charge is 0.458 e. The van der Waals surface area contributed by atoms with Crippen LogP contribution in [-0.2, 0) is 0 Å². The molecule has 0 spiro atoms. The maximum Gasteiger partial charge on any atom is 0.186 e. The second-order valence-corrected chi connectivity index (χ2v) is 5.32. The van der Waals surface area contributed by atoms with Gasteiger partial charge in [0.1, 0.15) is 23.7 Å². The van der Waals surface area contributed by atoms with Crippen LogP contribution >= 0.6 is 0 Å². The zero-order valence-corrected chi connectivity index (χ0v) is 12.3. The summed E-state index contributed by atoms with van der Waals surface area (Å²) in [4.78, 5) is 8.18. The number of nitrogen functional groups attached to an aromatic ring is 1. The summed E-state index contributed by atoms with van der Waals surface area (Å²) in [5.74, 6) is 2.26. The molecule has 1 unspecified atom stereocenters. The molecule has 6 heteroatoms. The molecule has 0 bridgehead atoms. The van der Waals surface area contributed by atoms with E-state index < -0.39 is 0 Å². The van der Waals surface area contributed by atoms with Crippen molar-refractivity contribution >= 4 is 16.9 Å². The van der Waals surface area contributed by atoms with Crippen LogP contribution in [0, 0.1) is 0 Å². The molecule has 3 N–H and O–H groups in total. The van der Waals surface area contributed by atoms with Crippen molar-refractivity contribution in [2.24, 2.45) is 0 Å². The van der Waals surface area contributed by atoms with Crippen LogP contribution in [0.3, 0.4) is 0 Å². The number of benzene rings is 1. The van der Waals surface area contributed by atoms with Crippen molar-refractivity contribution < 1.29 is 4.74 Å². The molecular weight excluding hydrogens is 290 g/mol. The fraction of sp³-hybridized carbons (Fsp3) is 0.118. The van der Waals surface area contributed by atoms with E-state index in [1.54, 1.807) is 0 Å². The minimum atomic E-state index is 0.149. The molecule has 2 heterocycles. The summed E-state index contributed by atoms with van der Waals surface area (Å²) in [6.45, 7) is 0. The summed E-state index contributed by atoms with van der Waals surface area (Å²) in [6, 6.07) is 9.72. The van der Waals surface area contributed by atoms with Crippen molar-refractivity contribution in [3.8, 4) is 5.75 Å². The second-order valence-electron chi connectivity index (χ2n) is 5.32. The number of nitrogens with zero attached hydrogens (tertiary/aromatic N) is 3. The van der Waals surface area contributed by atoms with Gasteiger partial charge in [-0.1, -0.05) is 24.3 Å². The number of fused-ring (bicyclic) bond motifs is 1. The number of hydrogen-bond acceptors (Lipinski definition) is 5. The Morgan fingerprint density at radius 2 is 2.04 bits per heavy atom. The molecule has 0 radical (unpaired) electrons. The van der Waals surface area contributed by atoms with E-state index in [0.717, 1.165) is 29.0 Å². The zero-order valence-electron chi connectivity index (χ0n) is 12.3. The highest BCUT2D eigenvalue weighted by Crippen LogP contribution is 2.32. The number of allylic oxidation sites excluding steroid dienone is 3. The number of aromatic amines is 1. The Kier molecular flexibility index (Phi) is 3.27. The first kappa shape index (κ1) is 13.5. The molecule has 0 saturated heterocycles. The van der Waals surface area contributed by atoms with Crippen molar-refractivity contribution in [3.05, 3.63) is 66.3 Å². The Balaban J connectivity index is 1.56. The van der Waals surface area contributed by atoms with Crippen LogP contribution in [-0.4, -0.2) is 20.2 Å². The van der Waals surface area contributed by atoms with E-state index in [0.29, 0.717) is 11.5 Å². The summed E-state index contributed by atoms with van der Waals surface area (Å²) in [5.41, 5.74) is 7.49. The van der Waals surface area contributed by atoms with Gasteiger partial charge in [0.2, 0.25) is 0 Å². The van der Waals surface area contributed by atoms with Crippen LogP contribution < -0.4 is 10.5 Å². The number of ether oxygens (including phenoxy) is 1. The van der Waals surface area contributed by atoms with E-state index in [9.17, 15) is 0 Å². The SMILES string of the molecule is Nc1ncnc2n[nH]c(C3C=CC(Oc4ccccc4)=CC3)c12. The van der Waals surface area contributed by atoms with Crippen molar-refractivity contribution in [2.45, 2.75) is 12.3 Å². The standard InChI is InChI=1S/C17H15N5O/c18-16-14-15(21-22-17(14)20-10-19-16)11-6-8-13(9-7-11)23-12-4-2-1-3-5-12/h1-6,8-11H,7H2,(H3,18,19,20,21,22). The fourth-order valence-corrected chi connectivity index (χ4v) is 2.69. The van der Waals surface area contributed by atoms with Gasteiger partial charge in [-0.25, -0.2) is 9.97 Å². The molecule has 1 aliphatic rings. The Morgan fingerprint density at radius 3 is 2.83 bits per heavy atom. The molecule has 114 valence electrons. The number of anilines is 1. The highest BCUT2D eigenvalue weighted by Gasteiger charge is 2.19. The Labute approximate surface area is 132 Å². The number of nitrogens with two attached hydrogens (primary N) is 1. The summed E-state index contributed by atoms with van der Waals surface area (Å²) in [6.07, 6.45) is 8.32. The van der Waals surface area contributed by atoms with Gasteiger partial charge in [0.05, 0.1) is 11.1 Å². The quantitative estimate of drug-likeness (QED) is 0.776. The highest BCUT2D eigenvalue weighted by atomic mass is 16.5. The normalized spacial score (nSPS) is 17.2. The molecule has 3 aromatic rings. The third kappa shape index (κ3) is 2.55. The van der Waals surface area contributed by atoms with E-state index in [2.05, 4.69) is 32.3 Å². The predicted octanol–water partition coefficient (Wildman–Crippen LogP) is 2.94. The number of hydrogen-bond donors (Lipinski definition) is 2. The summed E-state index contributed by atoms with van der Waals surface area (Å²) in [5, 5.41) is 8.03. The molecule has 1 atom stereocenters. The minimum absolute atomic E-state index is 0.149. The number of nitrogens with one attached hydrogen (secondary N) is 1. The molecule has 4 rings (SSSR count). The van der Waals surface area contributed by atoms with E-state index in [-0.39, 0.29) is 5.92 Å². The maximum atomic E-state index is 5.96. The minimum Gasteiger partial charge on any atom is -0.458 e. The maximum absolute atomic E-state index is 5.96. The van der Waals surface area contributed by atoms with Gasteiger partial charge in [-0.05, 0) is 30.7 Å². The van der Waals surface area contributed by atoms with E-state index >= 15 is 0 Å². The lowest BCUT2D eigenvalue weighted by Gasteiger charge is -2.16. The third-order valence-corrected chi connectivity index (χ3v) is 3.82. The van der Waals surface area contributed by atoms with E-state index in [1.165, 1.54) is 6.33 Å². The monoisotopic (exact) mass is 305 g/mol. The lowest BCUT2D eigenvalue weighted by Crippen LogP contribution is -2.04. The highest BCUT2D eigenvalue weighted by molar-refractivity contribution is 5.88. The molecular formula is C17H15N5O. The van der Waals surface area contributed by atoms with Gasteiger partial charge in [0.25, 0.3) is 0 Å². The molecule has 0 aliphatic heterocycles. The average molecular weight is 305 g/mol. The van der Waals surface area contributed by atoms with Crippen LogP contribution in [0.1, 0.15) is 18.0 Å². The van der Waals surface area contributed by atoms with Crippen LogP contribution in [0.5, 0.6) is 5.75 Å². The molecule has 2 aromatic heterocycles. The van der Waals surface area contributed by atoms with Crippen molar-refractivity contribution in [2.75, 3.05) is 5.73 Å². The number of aromatic nitrogens is 4. The molecule has 23 heavy (non-hydrogen) atoms. The van der Waals surface area contributed by atoms with Gasteiger partial charge >= 0.3 is 0 Å². The second kappa shape index (κ2) is 5.57. The third-order valence-electron chi connectivity index (χ3n) is 3.82. The number of H-pyrrole nitrogens is 1. The number of rotatable bonds is 3. The first-order valence-corrected chi connectivity index (χ1v) is 7.37. The Morgan fingerprint density at radius 1 is 1.17 bits per heavy atom. The Bertz CT molecular complexity index is 898. The molecule has 6 nitrogen and oxygen atoms in total. The fourth-order valence-electron chi connectivity index (χ4n) is 2.69. The zero-order chi connectivity index (χ0) is 15.6. The number of para-hydroxylation sites is 1. The van der Waals surface area contributed by atoms with Crippen molar-refractivity contribution in [3.63, 3.8) is 0 Å². The van der Waals surface area contributed by atoms with E-state index in [1.807, 2.05) is 36.4 Å². The smallest absolute Gasteiger partial charge is 0.186 e. The molecule has 1 aliphatic carbocycles. The van der Waals surface area contributed by atoms with Crippen molar-refractivity contribution in [1.29, 1.82) is 0 Å². The van der Waals surface area contributed by atoms with Crippen LogP contribution in [0.15, 0.2) is 60.6 Å². The van der Waals surface area contributed by atoms with Crippen LogP contribution in [0.2, 0.25) is 0 Å². The topological polar surface area (TPSA) is 89.7 Å². The van der Waals surface area contributed by atoms with Crippen LogP contribution in [0.4, 0.5) is 5.82 Å². The van der Waals surface area contributed by atoms with Gasteiger partial charge in [0, 0.05) is 5.92 Å². The van der Waals surface area contributed by atoms with E-state index in [4.69, 9.17) is 10.5 Å². The van der Waals surface area contributed by atoms with Gasteiger partial charge in [-0.2, -0.15) is 5.10 Å². The Hall–Kier alpha value is -3.15.